The number of likely N-dealkylation sites (N-methyl/N-ethyl adjacent to an activating group) is 1. The van der Waals surface area contributed by atoms with Crippen molar-refractivity contribution in [3.63, 3.8) is 0 Å². The summed E-state index contributed by atoms with van der Waals surface area (Å²) < 4.78 is 5.52. The van der Waals surface area contributed by atoms with Gasteiger partial charge < -0.3 is 19.6 Å². The van der Waals surface area contributed by atoms with Crippen molar-refractivity contribution in [3.05, 3.63) is 35.8 Å². The Morgan fingerprint density at radius 1 is 1.38 bits per heavy atom. The lowest BCUT2D eigenvalue weighted by molar-refractivity contribution is -0.120. The Morgan fingerprint density at radius 3 is 2.88 bits per heavy atom. The highest BCUT2D eigenvalue weighted by Crippen LogP contribution is 2.21. The van der Waals surface area contributed by atoms with E-state index in [2.05, 4.69) is 25.3 Å². The zero-order valence-electron chi connectivity index (χ0n) is 14.1. The lowest BCUT2D eigenvalue weighted by atomic mass is 10.1. The van der Waals surface area contributed by atoms with Crippen molar-refractivity contribution < 1.29 is 9.21 Å². The predicted molar refractivity (Wildman–Crippen MR) is 89.7 cm³/mol. The third kappa shape index (κ3) is 3.08. The minimum absolute atomic E-state index is 0.102. The van der Waals surface area contributed by atoms with Gasteiger partial charge in [-0.1, -0.05) is 0 Å². The SMILES string of the molecule is Cc1cc([C@H](C)NC(=O)CN(C)c2ncnc3nc[nH]c23)c(C)o1. The average Bonchev–Trinajstić information content (AvgIpc) is 3.12. The molecule has 3 rings (SSSR count). The van der Waals surface area contributed by atoms with Crippen molar-refractivity contribution in [2.45, 2.75) is 26.8 Å². The fourth-order valence-electron chi connectivity index (χ4n) is 2.78. The monoisotopic (exact) mass is 328 g/mol. The molecule has 0 aromatic carbocycles. The highest BCUT2D eigenvalue weighted by Gasteiger charge is 2.18. The molecular formula is C16H20N6O2. The van der Waals surface area contributed by atoms with Gasteiger partial charge >= 0.3 is 0 Å². The molecule has 126 valence electrons. The van der Waals surface area contributed by atoms with Crippen molar-refractivity contribution in [2.75, 3.05) is 18.5 Å². The summed E-state index contributed by atoms with van der Waals surface area (Å²) in [6.07, 6.45) is 3.00. The molecule has 3 aromatic heterocycles. The van der Waals surface area contributed by atoms with Crippen LogP contribution in [0.2, 0.25) is 0 Å². The molecule has 0 aliphatic carbocycles. The number of rotatable bonds is 5. The van der Waals surface area contributed by atoms with Crippen molar-refractivity contribution in [1.29, 1.82) is 0 Å². The van der Waals surface area contributed by atoms with E-state index in [0.717, 1.165) is 17.1 Å². The van der Waals surface area contributed by atoms with Crippen LogP contribution in [-0.2, 0) is 4.79 Å². The Labute approximate surface area is 139 Å². The summed E-state index contributed by atoms with van der Waals surface area (Å²) >= 11 is 0. The number of anilines is 1. The third-order valence-electron chi connectivity index (χ3n) is 3.87. The van der Waals surface area contributed by atoms with Gasteiger partial charge in [-0.25, -0.2) is 15.0 Å². The maximum atomic E-state index is 12.4. The van der Waals surface area contributed by atoms with E-state index in [9.17, 15) is 4.79 Å². The first kappa shape index (κ1) is 16.0. The lowest BCUT2D eigenvalue weighted by Gasteiger charge is -2.20. The Morgan fingerprint density at radius 2 is 2.17 bits per heavy atom. The topological polar surface area (TPSA) is 99.9 Å². The standard InChI is InChI=1S/C16H20N6O2/c1-9-5-12(11(3)24-9)10(2)21-13(23)6-22(4)16-14-15(18-7-17-14)19-8-20-16/h5,7-8,10H,6H2,1-4H3,(H,21,23)(H,17,18,19,20)/t10-/m0/s1. The summed E-state index contributed by atoms with van der Waals surface area (Å²) in [7, 11) is 1.81. The van der Waals surface area contributed by atoms with E-state index < -0.39 is 0 Å². The normalized spacial score (nSPS) is 12.3. The predicted octanol–water partition coefficient (Wildman–Crippen LogP) is 1.88. The summed E-state index contributed by atoms with van der Waals surface area (Å²) in [6, 6.07) is 1.82. The van der Waals surface area contributed by atoms with Gasteiger partial charge in [-0.05, 0) is 26.8 Å². The molecule has 0 saturated heterocycles. The highest BCUT2D eigenvalue weighted by atomic mass is 16.3. The maximum Gasteiger partial charge on any atom is 0.240 e. The number of H-pyrrole nitrogens is 1. The zero-order valence-corrected chi connectivity index (χ0v) is 14.1. The first-order valence-electron chi connectivity index (χ1n) is 7.67. The Hall–Kier alpha value is -2.90. The van der Waals surface area contributed by atoms with E-state index in [1.165, 1.54) is 6.33 Å². The number of carbonyl (C=O) groups excluding carboxylic acids is 1. The zero-order chi connectivity index (χ0) is 17.3. The largest absolute Gasteiger partial charge is 0.466 e. The molecule has 0 spiro atoms. The van der Waals surface area contributed by atoms with Crippen molar-refractivity contribution in [2.24, 2.45) is 0 Å². The molecule has 24 heavy (non-hydrogen) atoms. The molecule has 0 bridgehead atoms. The van der Waals surface area contributed by atoms with Gasteiger partial charge in [-0.2, -0.15) is 0 Å². The van der Waals surface area contributed by atoms with Crippen molar-refractivity contribution in [1.82, 2.24) is 25.3 Å². The van der Waals surface area contributed by atoms with Gasteiger partial charge in [0.15, 0.2) is 11.5 Å². The second-order valence-corrected chi connectivity index (χ2v) is 5.81. The van der Waals surface area contributed by atoms with E-state index in [4.69, 9.17) is 4.42 Å². The molecule has 0 fully saturated rings. The van der Waals surface area contributed by atoms with E-state index >= 15 is 0 Å². The first-order chi connectivity index (χ1) is 11.5. The molecule has 8 heteroatoms. The van der Waals surface area contributed by atoms with Crippen molar-refractivity contribution in [3.8, 4) is 0 Å². The molecule has 3 heterocycles. The number of aromatic amines is 1. The van der Waals surface area contributed by atoms with Gasteiger partial charge in [0.05, 0.1) is 18.9 Å². The molecule has 0 saturated carbocycles. The molecule has 8 nitrogen and oxygen atoms in total. The molecule has 0 aliphatic heterocycles. The number of aromatic nitrogens is 4. The molecule has 1 atom stereocenters. The number of aryl methyl sites for hydroxylation is 2. The van der Waals surface area contributed by atoms with Crippen LogP contribution in [0.3, 0.4) is 0 Å². The number of nitrogens with zero attached hydrogens (tertiary/aromatic N) is 4. The molecule has 0 radical (unpaired) electrons. The quantitative estimate of drug-likeness (QED) is 0.742. The van der Waals surface area contributed by atoms with Crippen LogP contribution in [0.5, 0.6) is 0 Å². The Kier molecular flexibility index (Phi) is 4.20. The summed E-state index contributed by atoms with van der Waals surface area (Å²) in [4.78, 5) is 29.5. The second-order valence-electron chi connectivity index (χ2n) is 5.81. The molecular weight excluding hydrogens is 308 g/mol. The molecule has 3 aromatic rings. The van der Waals surface area contributed by atoms with Gasteiger partial charge in [0.2, 0.25) is 5.91 Å². The summed E-state index contributed by atoms with van der Waals surface area (Å²) in [6.45, 7) is 5.90. The number of amides is 1. The number of furan rings is 1. The molecule has 0 unspecified atom stereocenters. The van der Waals surface area contributed by atoms with Gasteiger partial charge in [-0.15, -0.1) is 0 Å². The van der Waals surface area contributed by atoms with Crippen molar-refractivity contribution >= 4 is 22.9 Å². The highest BCUT2D eigenvalue weighted by molar-refractivity contribution is 5.87. The van der Waals surface area contributed by atoms with Crippen LogP contribution in [0.4, 0.5) is 5.82 Å². The number of hydrogen-bond acceptors (Lipinski definition) is 6. The first-order valence-corrected chi connectivity index (χ1v) is 7.67. The number of hydrogen-bond donors (Lipinski definition) is 2. The van der Waals surface area contributed by atoms with E-state index in [-0.39, 0.29) is 18.5 Å². The molecule has 1 amide bonds. The van der Waals surface area contributed by atoms with E-state index in [0.29, 0.717) is 17.0 Å². The summed E-state index contributed by atoms with van der Waals surface area (Å²) in [5.74, 6) is 2.19. The van der Waals surface area contributed by atoms with Gasteiger partial charge in [0.25, 0.3) is 0 Å². The van der Waals surface area contributed by atoms with Crippen LogP contribution >= 0.6 is 0 Å². The second kappa shape index (κ2) is 6.31. The maximum absolute atomic E-state index is 12.4. The van der Waals surface area contributed by atoms with Gasteiger partial charge in [-0.3, -0.25) is 4.79 Å². The van der Waals surface area contributed by atoms with Gasteiger partial charge in [0.1, 0.15) is 23.4 Å². The fourth-order valence-corrected chi connectivity index (χ4v) is 2.78. The summed E-state index contributed by atoms with van der Waals surface area (Å²) in [5, 5.41) is 2.98. The number of imidazole rings is 1. The summed E-state index contributed by atoms with van der Waals surface area (Å²) in [5.41, 5.74) is 2.27. The van der Waals surface area contributed by atoms with Crippen LogP contribution in [0.1, 0.15) is 30.0 Å². The smallest absolute Gasteiger partial charge is 0.240 e. The third-order valence-corrected chi connectivity index (χ3v) is 3.87. The minimum atomic E-state index is -0.124. The van der Waals surface area contributed by atoms with Crippen LogP contribution in [-0.4, -0.2) is 39.4 Å². The molecule has 0 aliphatic rings. The number of fused-ring (bicyclic) bond motifs is 1. The molecule has 2 N–H and O–H groups in total. The Bertz CT molecular complexity index is 868. The van der Waals surface area contributed by atoms with E-state index in [1.54, 1.807) is 18.3 Å². The van der Waals surface area contributed by atoms with Gasteiger partial charge in [0, 0.05) is 12.6 Å². The van der Waals surface area contributed by atoms with E-state index in [1.807, 2.05) is 26.8 Å². The number of nitrogens with one attached hydrogen (secondary N) is 2. The fraction of sp³-hybridized carbons (Fsp3) is 0.375. The minimum Gasteiger partial charge on any atom is -0.466 e. The average molecular weight is 328 g/mol. The van der Waals surface area contributed by atoms with Crippen LogP contribution in [0, 0.1) is 13.8 Å². The lowest BCUT2D eigenvalue weighted by Crippen LogP contribution is -2.37. The van der Waals surface area contributed by atoms with Crippen LogP contribution < -0.4 is 10.2 Å². The van der Waals surface area contributed by atoms with Crippen LogP contribution in [0.15, 0.2) is 23.1 Å². The Balaban J connectivity index is 1.68. The number of carbonyl (C=O) groups is 1. The van der Waals surface area contributed by atoms with Crippen LogP contribution in [0.25, 0.3) is 11.2 Å².